The number of rotatable bonds is 2. The van der Waals surface area contributed by atoms with Crippen molar-refractivity contribution in [3.63, 3.8) is 0 Å². The van der Waals surface area contributed by atoms with E-state index in [1.807, 2.05) is 0 Å². The summed E-state index contributed by atoms with van der Waals surface area (Å²) in [6, 6.07) is 2.93. The van der Waals surface area contributed by atoms with Crippen LogP contribution < -0.4 is 10.3 Å². The van der Waals surface area contributed by atoms with E-state index in [1.165, 1.54) is 25.5 Å². The quantitative estimate of drug-likeness (QED) is 0.848. The van der Waals surface area contributed by atoms with Crippen molar-refractivity contribution in [2.45, 2.75) is 4.90 Å². The molecule has 1 aromatic heterocycles. The molecule has 0 unspecified atom stereocenters. The number of nitrogens with one attached hydrogen (secondary N) is 2. The highest BCUT2D eigenvalue weighted by Crippen LogP contribution is 2.23. The van der Waals surface area contributed by atoms with E-state index in [0.717, 1.165) is 0 Å². The van der Waals surface area contributed by atoms with Crippen LogP contribution >= 0.6 is 15.9 Å². The van der Waals surface area contributed by atoms with Crippen LogP contribution in [0, 0.1) is 0 Å². The molecule has 0 aliphatic heterocycles. The third-order valence-electron chi connectivity index (χ3n) is 2.23. The molecule has 0 spiro atoms. The third kappa shape index (κ3) is 2.11. The van der Waals surface area contributed by atoms with Gasteiger partial charge in [0.2, 0.25) is 10.0 Å². The monoisotopic (exact) mass is 317 g/mol. The summed E-state index contributed by atoms with van der Waals surface area (Å²) in [7, 11) is -2.36. The van der Waals surface area contributed by atoms with Crippen LogP contribution in [0.4, 0.5) is 0 Å². The smallest absolute Gasteiger partial charge is 0.258 e. The molecule has 0 fully saturated rings. The number of halogens is 1. The molecule has 6 nitrogen and oxygen atoms in total. The van der Waals surface area contributed by atoms with E-state index in [-0.39, 0.29) is 21.4 Å². The number of sulfonamides is 1. The van der Waals surface area contributed by atoms with Gasteiger partial charge in [-0.2, -0.15) is 0 Å². The molecule has 2 aromatic rings. The van der Waals surface area contributed by atoms with E-state index in [4.69, 9.17) is 0 Å². The molecule has 2 rings (SSSR count). The van der Waals surface area contributed by atoms with Gasteiger partial charge in [0.1, 0.15) is 4.90 Å². The Hall–Kier alpha value is -1.25. The van der Waals surface area contributed by atoms with Crippen LogP contribution in [-0.4, -0.2) is 25.4 Å². The summed E-state index contributed by atoms with van der Waals surface area (Å²) >= 11 is 3.17. The molecule has 0 radical (unpaired) electrons. The predicted molar refractivity (Wildman–Crippen MR) is 66.3 cm³/mol. The minimum atomic E-state index is -3.66. The average Bonchev–Trinajstić information content (AvgIpc) is 2.29. The van der Waals surface area contributed by atoms with Crippen LogP contribution in [0.5, 0.6) is 0 Å². The van der Waals surface area contributed by atoms with Crippen LogP contribution in [0.2, 0.25) is 0 Å². The largest absolute Gasteiger partial charge is 0.313 e. The van der Waals surface area contributed by atoms with Gasteiger partial charge >= 0.3 is 0 Å². The fraction of sp³-hybridized carbons (Fsp3) is 0.111. The highest BCUT2D eigenvalue weighted by atomic mass is 79.9. The highest BCUT2D eigenvalue weighted by Gasteiger charge is 2.18. The third-order valence-corrected chi connectivity index (χ3v) is 4.12. The number of hydrogen-bond acceptors (Lipinski definition) is 4. The van der Waals surface area contributed by atoms with Crippen molar-refractivity contribution in [1.82, 2.24) is 14.7 Å². The summed E-state index contributed by atoms with van der Waals surface area (Å²) in [6.07, 6.45) is 1.17. The zero-order valence-electron chi connectivity index (χ0n) is 8.69. The summed E-state index contributed by atoms with van der Waals surface area (Å²) in [5, 5.41) is 0.218. The van der Waals surface area contributed by atoms with E-state index in [1.54, 1.807) is 0 Å². The lowest BCUT2D eigenvalue weighted by Gasteiger charge is -2.06. The number of aromatic nitrogens is 2. The lowest BCUT2D eigenvalue weighted by molar-refractivity contribution is 0.589. The second-order valence-corrected chi connectivity index (χ2v) is 6.01. The van der Waals surface area contributed by atoms with Gasteiger partial charge in [-0.3, -0.25) is 4.79 Å². The van der Waals surface area contributed by atoms with Crippen LogP contribution in [-0.2, 0) is 10.0 Å². The normalized spacial score (nSPS) is 11.9. The van der Waals surface area contributed by atoms with Crippen LogP contribution in [0.1, 0.15) is 0 Å². The molecule has 2 N–H and O–H groups in total. The maximum absolute atomic E-state index is 11.8. The van der Waals surface area contributed by atoms with Crippen molar-refractivity contribution in [3.8, 4) is 0 Å². The summed E-state index contributed by atoms with van der Waals surface area (Å²) in [5.74, 6) is 0. The van der Waals surface area contributed by atoms with E-state index in [0.29, 0.717) is 4.47 Å². The predicted octanol–water partition coefficient (Wildman–Crippen LogP) is 0.594. The van der Waals surface area contributed by atoms with Gasteiger partial charge in [-0.15, -0.1) is 0 Å². The van der Waals surface area contributed by atoms with Crippen molar-refractivity contribution < 1.29 is 8.42 Å². The minimum absolute atomic E-state index is 0.0320. The van der Waals surface area contributed by atoms with Crippen molar-refractivity contribution in [3.05, 3.63) is 33.3 Å². The number of nitrogens with zero attached hydrogens (tertiary/aromatic N) is 1. The number of aromatic amines is 1. The maximum atomic E-state index is 11.8. The Morgan fingerprint density at radius 2 is 2.12 bits per heavy atom. The molecule has 0 atom stereocenters. The molecule has 0 saturated carbocycles. The lowest BCUT2D eigenvalue weighted by atomic mass is 10.2. The summed E-state index contributed by atoms with van der Waals surface area (Å²) in [4.78, 5) is 17.8. The first-order valence-electron chi connectivity index (χ1n) is 4.56. The van der Waals surface area contributed by atoms with Gasteiger partial charge in [-0.1, -0.05) is 15.9 Å². The zero-order chi connectivity index (χ0) is 12.6. The number of fused-ring (bicyclic) bond motifs is 1. The zero-order valence-corrected chi connectivity index (χ0v) is 11.1. The number of H-pyrrole nitrogens is 1. The first-order valence-corrected chi connectivity index (χ1v) is 6.84. The van der Waals surface area contributed by atoms with Gasteiger partial charge in [0.15, 0.2) is 0 Å². The SMILES string of the molecule is CNS(=O)(=O)c1cc(Br)cc2c(=O)[nH]cnc12. The molecule has 0 aliphatic rings. The van der Waals surface area contributed by atoms with Crippen molar-refractivity contribution in [2.75, 3.05) is 7.05 Å². The first-order chi connectivity index (χ1) is 7.95. The topological polar surface area (TPSA) is 91.9 Å². The lowest BCUT2D eigenvalue weighted by Crippen LogP contribution is -2.20. The Balaban J connectivity index is 2.99. The molecule has 8 heteroatoms. The summed E-state index contributed by atoms with van der Waals surface area (Å²) < 4.78 is 26.3. The Morgan fingerprint density at radius 3 is 2.76 bits per heavy atom. The second kappa shape index (κ2) is 4.21. The van der Waals surface area contributed by atoms with Gasteiger partial charge in [0, 0.05) is 4.47 Å². The molecule has 90 valence electrons. The fourth-order valence-corrected chi connectivity index (χ4v) is 2.96. The Bertz CT molecular complexity index is 739. The molecule has 17 heavy (non-hydrogen) atoms. The van der Waals surface area contributed by atoms with Gasteiger partial charge in [0.05, 0.1) is 17.2 Å². The summed E-state index contributed by atoms with van der Waals surface area (Å²) in [6.45, 7) is 0. The standard InChI is InChI=1S/C9H8BrN3O3S/c1-11-17(15,16)7-3-5(10)2-6-8(7)12-4-13-9(6)14/h2-4,11H,1H3,(H,12,13,14). The Labute approximate surface area is 105 Å². The maximum Gasteiger partial charge on any atom is 0.258 e. The van der Waals surface area contributed by atoms with Gasteiger partial charge in [-0.25, -0.2) is 18.1 Å². The highest BCUT2D eigenvalue weighted by molar-refractivity contribution is 9.10. The van der Waals surface area contributed by atoms with E-state index in [9.17, 15) is 13.2 Å². The van der Waals surface area contributed by atoms with Crippen LogP contribution in [0.3, 0.4) is 0 Å². The van der Waals surface area contributed by atoms with E-state index >= 15 is 0 Å². The minimum Gasteiger partial charge on any atom is -0.313 e. The Morgan fingerprint density at radius 1 is 1.41 bits per heavy atom. The van der Waals surface area contributed by atoms with Crippen molar-refractivity contribution in [1.29, 1.82) is 0 Å². The van der Waals surface area contributed by atoms with Crippen LogP contribution in [0.25, 0.3) is 10.9 Å². The molecular formula is C9H8BrN3O3S. The van der Waals surface area contributed by atoms with Crippen molar-refractivity contribution in [2.24, 2.45) is 0 Å². The second-order valence-electron chi connectivity index (χ2n) is 3.24. The van der Waals surface area contributed by atoms with Gasteiger partial charge in [0.25, 0.3) is 5.56 Å². The van der Waals surface area contributed by atoms with Crippen LogP contribution in [0.15, 0.2) is 32.6 Å². The molecule has 0 saturated heterocycles. The molecular weight excluding hydrogens is 310 g/mol. The van der Waals surface area contributed by atoms with E-state index < -0.39 is 10.0 Å². The fourth-order valence-electron chi connectivity index (χ4n) is 1.43. The van der Waals surface area contributed by atoms with E-state index in [2.05, 4.69) is 30.6 Å². The molecule has 1 heterocycles. The molecule has 0 amide bonds. The number of benzene rings is 1. The molecule has 0 aliphatic carbocycles. The van der Waals surface area contributed by atoms with Gasteiger partial charge < -0.3 is 4.98 Å². The van der Waals surface area contributed by atoms with Crippen molar-refractivity contribution >= 4 is 36.9 Å². The molecule has 0 bridgehead atoms. The average molecular weight is 318 g/mol. The Kier molecular flexibility index (Phi) is 3.02. The first kappa shape index (κ1) is 12.2. The van der Waals surface area contributed by atoms with Gasteiger partial charge in [-0.05, 0) is 19.2 Å². The summed E-state index contributed by atoms with van der Waals surface area (Å²) in [5.41, 5.74) is -0.241. The molecule has 1 aromatic carbocycles. The number of hydrogen-bond donors (Lipinski definition) is 2.